The molecule has 4 atom stereocenters. The quantitative estimate of drug-likeness (QED) is 0.603. The molecule has 8 nitrogen and oxygen atoms in total. The first-order valence-corrected chi connectivity index (χ1v) is 9.18. The first kappa shape index (κ1) is 27.4. The third-order valence-corrected chi connectivity index (χ3v) is 4.01. The van der Waals surface area contributed by atoms with E-state index in [1.54, 1.807) is 25.7 Å². The highest BCUT2D eigenvalue weighted by atomic mass is 19.1. The topological polar surface area (TPSA) is 91.8 Å². The van der Waals surface area contributed by atoms with Crippen LogP contribution in [0.4, 0.5) is 14.0 Å². The number of rotatable bonds is 0. The van der Waals surface area contributed by atoms with E-state index in [0.29, 0.717) is 13.1 Å². The van der Waals surface area contributed by atoms with E-state index in [1.165, 1.54) is 4.90 Å². The van der Waals surface area contributed by atoms with Crippen molar-refractivity contribution < 1.29 is 33.3 Å². The van der Waals surface area contributed by atoms with Crippen LogP contribution in [-0.2, 0) is 14.2 Å². The summed E-state index contributed by atoms with van der Waals surface area (Å²) in [6.45, 7) is 12.2. The Labute approximate surface area is 174 Å². The first-order valence-electron chi connectivity index (χ1n) is 9.18. The zero-order valence-electron chi connectivity index (χ0n) is 16.9. The van der Waals surface area contributed by atoms with E-state index in [1.807, 2.05) is 20.8 Å². The van der Waals surface area contributed by atoms with Gasteiger partial charge in [0, 0.05) is 0 Å². The molecule has 0 aromatic heterocycles. The molecule has 3 aliphatic heterocycles. The van der Waals surface area contributed by atoms with Gasteiger partial charge in [-0.15, -0.1) is 0 Å². The van der Waals surface area contributed by atoms with Crippen molar-refractivity contribution >= 4 is 12.2 Å². The number of fused-ring (bicyclic) bond motifs is 1. The Kier molecular flexibility index (Phi) is 9.38. The Hall–Kier alpha value is -1.61. The summed E-state index contributed by atoms with van der Waals surface area (Å²) >= 11 is 0. The van der Waals surface area contributed by atoms with E-state index in [4.69, 9.17) is 19.3 Å². The van der Waals surface area contributed by atoms with E-state index in [2.05, 4.69) is 0 Å². The zero-order valence-corrected chi connectivity index (χ0v) is 16.9. The van der Waals surface area contributed by atoms with Crippen LogP contribution in [0.15, 0.2) is 0 Å². The molecule has 3 rings (SSSR count). The molecule has 3 heterocycles. The van der Waals surface area contributed by atoms with Gasteiger partial charge in [0.1, 0.15) is 35.7 Å². The molecule has 29 heavy (non-hydrogen) atoms. The minimum Gasteiger partial charge on any atom is -0.444 e. The van der Waals surface area contributed by atoms with Gasteiger partial charge in [0.05, 0.1) is 26.2 Å². The maximum atomic E-state index is 12.9. The molecule has 3 fully saturated rings. The fourth-order valence-corrected chi connectivity index (χ4v) is 2.71. The van der Waals surface area contributed by atoms with Crippen LogP contribution in [0.1, 0.15) is 56.4 Å². The summed E-state index contributed by atoms with van der Waals surface area (Å²) in [6, 6.07) is 0. The summed E-state index contributed by atoms with van der Waals surface area (Å²) in [6.07, 6.45) is -2.66. The Bertz CT molecular complexity index is 540. The number of halogens is 1. The number of likely N-dealkylation sites (tertiary alicyclic amines) is 2. The fraction of sp³-hybridized carbons (Fsp3) is 0.900. The number of epoxide rings is 1. The highest BCUT2D eigenvalue weighted by molar-refractivity contribution is 5.69. The first-order chi connectivity index (χ1) is 12.2. The van der Waals surface area contributed by atoms with Gasteiger partial charge in [0.25, 0.3) is 0 Å². The number of aliphatic hydroxyl groups excluding tert-OH is 1. The lowest BCUT2D eigenvalue weighted by molar-refractivity contribution is 0.0228. The summed E-state index contributed by atoms with van der Waals surface area (Å²) < 4.78 is 28.3. The molecule has 4 unspecified atom stereocenters. The Morgan fingerprint density at radius 2 is 1.24 bits per heavy atom. The van der Waals surface area contributed by atoms with Crippen LogP contribution in [-0.4, -0.2) is 89.0 Å². The average Bonchev–Trinajstić information content (AvgIpc) is 2.92. The molecule has 0 aliphatic carbocycles. The Morgan fingerprint density at radius 3 is 1.55 bits per heavy atom. The molecule has 1 N–H and O–H groups in total. The van der Waals surface area contributed by atoms with Gasteiger partial charge < -0.3 is 29.1 Å². The lowest BCUT2D eigenvalue weighted by atomic mass is 10.2. The molecule has 2 amide bonds. The van der Waals surface area contributed by atoms with Crippen molar-refractivity contribution in [2.75, 3.05) is 26.2 Å². The maximum Gasteiger partial charge on any atom is 0.410 e. The average molecular weight is 423 g/mol. The van der Waals surface area contributed by atoms with Crippen LogP contribution in [0, 0.1) is 0 Å². The number of morpholine rings is 1. The predicted octanol–water partition coefficient (Wildman–Crippen LogP) is 3.21. The van der Waals surface area contributed by atoms with Gasteiger partial charge in [0.2, 0.25) is 0 Å². The number of alkyl halides is 1. The molecule has 9 heteroatoms. The van der Waals surface area contributed by atoms with E-state index >= 15 is 0 Å². The van der Waals surface area contributed by atoms with Crippen molar-refractivity contribution in [3.05, 3.63) is 0 Å². The van der Waals surface area contributed by atoms with Crippen LogP contribution in [0.25, 0.3) is 0 Å². The van der Waals surface area contributed by atoms with Crippen LogP contribution in [0.2, 0.25) is 0 Å². The summed E-state index contributed by atoms with van der Waals surface area (Å²) in [5.41, 5.74) is -0.985. The SMILES string of the molecule is C.C.CC(C)(C)OC(=O)N1CC(O)C(F)C1.CC(C)(C)OC(=O)N1CC2OC2C1. The number of carbonyl (C=O) groups excluding carboxylic acids is 2. The van der Waals surface area contributed by atoms with Crippen molar-refractivity contribution in [3.8, 4) is 0 Å². The summed E-state index contributed by atoms with van der Waals surface area (Å²) in [7, 11) is 0. The largest absolute Gasteiger partial charge is 0.444 e. The van der Waals surface area contributed by atoms with Crippen molar-refractivity contribution in [2.45, 2.75) is 92.1 Å². The summed E-state index contributed by atoms with van der Waals surface area (Å²) in [4.78, 5) is 25.7. The van der Waals surface area contributed by atoms with Crippen molar-refractivity contribution in [3.63, 3.8) is 0 Å². The fourth-order valence-electron chi connectivity index (χ4n) is 2.71. The molecule has 0 spiro atoms. The number of aliphatic hydroxyl groups is 1. The summed E-state index contributed by atoms with van der Waals surface area (Å²) in [5.74, 6) is 0. The number of ether oxygens (including phenoxy) is 3. The van der Waals surface area contributed by atoms with E-state index in [9.17, 15) is 14.0 Å². The smallest absolute Gasteiger partial charge is 0.410 e. The summed E-state index contributed by atoms with van der Waals surface area (Å²) in [5, 5.41) is 9.09. The minimum absolute atomic E-state index is 0. The molecule has 0 saturated carbocycles. The molecule has 3 aliphatic rings. The molecule has 3 saturated heterocycles. The molecule has 0 aromatic carbocycles. The van der Waals surface area contributed by atoms with Crippen LogP contribution in [0.5, 0.6) is 0 Å². The van der Waals surface area contributed by atoms with Crippen molar-refractivity contribution in [1.29, 1.82) is 0 Å². The number of hydrogen-bond donors (Lipinski definition) is 1. The Balaban J connectivity index is 0.000000506. The minimum atomic E-state index is -1.36. The lowest BCUT2D eigenvalue weighted by Crippen LogP contribution is -2.37. The van der Waals surface area contributed by atoms with Gasteiger partial charge >= 0.3 is 12.2 Å². The number of β-amino-alcohol motifs (C(OH)–C–C–N with tert-alkyl or cyclic N) is 1. The van der Waals surface area contributed by atoms with Gasteiger partial charge in [0.15, 0.2) is 0 Å². The molecule has 0 aromatic rings. The van der Waals surface area contributed by atoms with E-state index in [-0.39, 0.29) is 46.2 Å². The normalized spacial score (nSPS) is 27.6. The van der Waals surface area contributed by atoms with Gasteiger partial charge in [-0.1, -0.05) is 14.9 Å². The zero-order chi connectivity index (χ0) is 20.6. The van der Waals surface area contributed by atoms with Gasteiger partial charge in [-0.25, -0.2) is 14.0 Å². The van der Waals surface area contributed by atoms with Gasteiger partial charge in [-0.3, -0.25) is 0 Å². The third kappa shape index (κ3) is 8.74. The van der Waals surface area contributed by atoms with E-state index < -0.39 is 29.6 Å². The van der Waals surface area contributed by atoms with Crippen LogP contribution >= 0.6 is 0 Å². The number of nitrogens with zero attached hydrogens (tertiary/aromatic N) is 2. The maximum absolute atomic E-state index is 12.9. The standard InChI is InChI=1S/C9H16FNO3.C9H15NO3.2CH4/c1-9(2,3)14-8(13)11-4-6(10)7(12)5-11;1-9(2,3)13-8(11)10-4-6-7(5-10)12-6;;/h6-7,12H,4-5H2,1-3H3;6-7H,4-5H2,1-3H3;2*1H4. The van der Waals surface area contributed by atoms with Crippen molar-refractivity contribution in [2.24, 2.45) is 0 Å². The van der Waals surface area contributed by atoms with E-state index in [0.717, 1.165) is 0 Å². The second-order valence-corrected chi connectivity index (χ2v) is 9.07. The van der Waals surface area contributed by atoms with Gasteiger partial charge in [-0.05, 0) is 41.5 Å². The van der Waals surface area contributed by atoms with Crippen LogP contribution in [0.3, 0.4) is 0 Å². The molecule has 172 valence electrons. The number of carbonyl (C=O) groups is 2. The third-order valence-electron chi connectivity index (χ3n) is 4.01. The molecule has 0 radical (unpaired) electrons. The molecular formula is C20H39FN2O6. The van der Waals surface area contributed by atoms with Crippen LogP contribution < -0.4 is 0 Å². The highest BCUT2D eigenvalue weighted by Crippen LogP contribution is 2.31. The number of hydrogen-bond acceptors (Lipinski definition) is 6. The monoisotopic (exact) mass is 422 g/mol. The molecular weight excluding hydrogens is 383 g/mol. The van der Waals surface area contributed by atoms with Crippen molar-refractivity contribution in [1.82, 2.24) is 9.80 Å². The lowest BCUT2D eigenvalue weighted by Gasteiger charge is -2.24. The highest BCUT2D eigenvalue weighted by Gasteiger charge is 2.49. The molecule has 0 bridgehead atoms. The number of amides is 2. The second kappa shape index (κ2) is 9.93. The van der Waals surface area contributed by atoms with Gasteiger partial charge in [-0.2, -0.15) is 0 Å². The Morgan fingerprint density at radius 1 is 0.862 bits per heavy atom. The predicted molar refractivity (Wildman–Crippen MR) is 109 cm³/mol. The second-order valence-electron chi connectivity index (χ2n) is 9.07.